The van der Waals surface area contributed by atoms with Crippen LogP contribution in [0.15, 0.2) is 24.3 Å². The van der Waals surface area contributed by atoms with E-state index in [0.29, 0.717) is 5.56 Å². The Morgan fingerprint density at radius 1 is 1.23 bits per heavy atom. The Bertz CT molecular complexity index is 520. The summed E-state index contributed by atoms with van der Waals surface area (Å²) in [5, 5.41) is 19.5. The lowest BCUT2D eigenvalue weighted by Crippen LogP contribution is -2.42. The van der Waals surface area contributed by atoms with Gasteiger partial charge in [-0.05, 0) is 38.5 Å². The normalized spacial score (nSPS) is 12.8. The third-order valence-corrected chi connectivity index (χ3v) is 2.70. The van der Waals surface area contributed by atoms with E-state index in [-0.39, 0.29) is 12.2 Å². The van der Waals surface area contributed by atoms with Crippen molar-refractivity contribution in [1.29, 1.82) is 0 Å². The van der Waals surface area contributed by atoms with E-state index in [1.807, 2.05) is 0 Å². The van der Waals surface area contributed by atoms with Crippen molar-refractivity contribution in [3.63, 3.8) is 0 Å². The maximum Gasteiger partial charge on any atom is 0.528 e. The Kier molecular flexibility index (Phi) is 5.76. The molecule has 0 radical (unpaired) electrons. The fourth-order valence-corrected chi connectivity index (χ4v) is 1.68. The van der Waals surface area contributed by atoms with E-state index in [2.05, 4.69) is 0 Å². The largest absolute Gasteiger partial charge is 0.528 e. The maximum absolute atomic E-state index is 11.6. The topological polar surface area (TPSA) is 96.3 Å². The van der Waals surface area contributed by atoms with Crippen LogP contribution in [0, 0.1) is 0 Å². The fraction of sp³-hybridized carbons (Fsp3) is 0.467. The molecule has 2 N–H and O–H groups in total. The number of carboxylic acids is 1. The van der Waals surface area contributed by atoms with Gasteiger partial charge in [-0.2, -0.15) is 0 Å². The summed E-state index contributed by atoms with van der Waals surface area (Å²) < 4.78 is 4.98. The Morgan fingerprint density at radius 2 is 1.77 bits per heavy atom. The van der Waals surface area contributed by atoms with E-state index in [1.165, 1.54) is 19.2 Å². The summed E-state index contributed by atoms with van der Waals surface area (Å²) >= 11 is 0. The second-order valence-corrected chi connectivity index (χ2v) is 5.83. The van der Waals surface area contributed by atoms with Crippen LogP contribution in [0.4, 0.5) is 4.79 Å². The zero-order valence-corrected chi connectivity index (χ0v) is 13.1. The van der Waals surface area contributed by atoms with Crippen LogP contribution in [-0.2, 0) is 20.8 Å². The molecular weight excluding hydrogens is 290 g/mol. The minimum absolute atomic E-state index is 0.0917. The molecule has 7 nitrogen and oxygen atoms in total. The highest BCUT2D eigenvalue weighted by molar-refractivity contribution is 5.74. The van der Waals surface area contributed by atoms with E-state index in [1.54, 1.807) is 32.9 Å². The third-order valence-electron chi connectivity index (χ3n) is 2.70. The summed E-state index contributed by atoms with van der Waals surface area (Å²) in [7, 11) is 1.35. The Morgan fingerprint density at radius 3 is 2.23 bits per heavy atom. The Labute approximate surface area is 129 Å². The molecule has 0 aliphatic carbocycles. The Hall–Kier alpha value is -2.28. The summed E-state index contributed by atoms with van der Waals surface area (Å²) in [5.41, 5.74) is -0.0435. The van der Waals surface area contributed by atoms with Crippen molar-refractivity contribution in [3.05, 3.63) is 29.8 Å². The van der Waals surface area contributed by atoms with Crippen molar-refractivity contribution in [3.8, 4) is 5.75 Å². The summed E-state index contributed by atoms with van der Waals surface area (Å²) in [4.78, 5) is 27.8. The molecule has 0 aromatic heterocycles. The summed E-state index contributed by atoms with van der Waals surface area (Å²) in [6.45, 7) is 5.04. The average Bonchev–Trinajstić information content (AvgIpc) is 2.34. The fourth-order valence-electron chi connectivity index (χ4n) is 1.68. The van der Waals surface area contributed by atoms with Gasteiger partial charge in [0.25, 0.3) is 0 Å². The van der Waals surface area contributed by atoms with Crippen molar-refractivity contribution < 1.29 is 29.4 Å². The van der Waals surface area contributed by atoms with Crippen molar-refractivity contribution in [2.75, 3.05) is 7.05 Å². The molecule has 22 heavy (non-hydrogen) atoms. The quantitative estimate of drug-likeness (QED) is 0.635. The molecule has 7 heteroatoms. The van der Waals surface area contributed by atoms with Gasteiger partial charge in [-0.25, -0.2) is 4.79 Å². The first-order valence-electron chi connectivity index (χ1n) is 6.73. The SMILES string of the molecule is CN(OC(=O)OC(C)(C)C)[C@@H](Cc1ccc(O)cc1)C(=O)O. The molecule has 1 aromatic rings. The molecular formula is C15H21NO6. The van der Waals surface area contributed by atoms with Crippen LogP contribution in [0.5, 0.6) is 5.75 Å². The van der Waals surface area contributed by atoms with E-state index < -0.39 is 23.8 Å². The molecule has 0 bridgehead atoms. The minimum Gasteiger partial charge on any atom is -0.508 e. The number of likely N-dealkylation sites (N-methyl/N-ethyl adjacent to an activating group) is 1. The second kappa shape index (κ2) is 7.13. The van der Waals surface area contributed by atoms with Gasteiger partial charge >= 0.3 is 12.1 Å². The number of hydrogen-bond donors (Lipinski definition) is 2. The highest BCUT2D eigenvalue weighted by Crippen LogP contribution is 2.15. The monoisotopic (exact) mass is 311 g/mol. The van der Waals surface area contributed by atoms with Crippen LogP contribution in [0.2, 0.25) is 0 Å². The lowest BCUT2D eigenvalue weighted by molar-refractivity contribution is -0.174. The zero-order chi connectivity index (χ0) is 16.9. The number of ether oxygens (including phenoxy) is 1. The molecule has 122 valence electrons. The molecule has 0 saturated heterocycles. The van der Waals surface area contributed by atoms with E-state index in [9.17, 15) is 19.8 Å². The summed E-state index contributed by atoms with van der Waals surface area (Å²) in [5.74, 6) is -1.05. The number of hydroxylamine groups is 2. The minimum atomic E-state index is -1.14. The summed E-state index contributed by atoms with van der Waals surface area (Å²) in [6, 6.07) is 5.06. The van der Waals surface area contributed by atoms with Crippen molar-refractivity contribution in [2.45, 2.75) is 38.8 Å². The van der Waals surface area contributed by atoms with E-state index in [4.69, 9.17) is 9.57 Å². The first-order chi connectivity index (χ1) is 10.1. The highest BCUT2D eigenvalue weighted by atomic mass is 16.8. The lowest BCUT2D eigenvalue weighted by atomic mass is 10.1. The van der Waals surface area contributed by atoms with Gasteiger partial charge in [-0.3, -0.25) is 4.79 Å². The number of aliphatic carboxylic acids is 1. The number of phenols is 1. The molecule has 0 aliphatic heterocycles. The molecule has 0 spiro atoms. The molecule has 1 atom stereocenters. The van der Waals surface area contributed by atoms with Crippen molar-refractivity contribution >= 4 is 12.1 Å². The zero-order valence-electron chi connectivity index (χ0n) is 13.1. The highest BCUT2D eigenvalue weighted by Gasteiger charge is 2.28. The second-order valence-electron chi connectivity index (χ2n) is 5.83. The lowest BCUT2D eigenvalue weighted by Gasteiger charge is -2.25. The predicted molar refractivity (Wildman–Crippen MR) is 78.3 cm³/mol. The van der Waals surface area contributed by atoms with Gasteiger partial charge in [-0.1, -0.05) is 12.1 Å². The molecule has 0 amide bonds. The molecule has 0 heterocycles. The molecule has 1 aromatic carbocycles. The predicted octanol–water partition coefficient (Wildman–Crippen LogP) is 2.19. The molecule has 0 unspecified atom stereocenters. The number of hydrogen-bond acceptors (Lipinski definition) is 6. The molecule has 1 rings (SSSR count). The molecule has 0 fully saturated rings. The smallest absolute Gasteiger partial charge is 0.508 e. The average molecular weight is 311 g/mol. The van der Waals surface area contributed by atoms with E-state index >= 15 is 0 Å². The van der Waals surface area contributed by atoms with Crippen LogP contribution in [-0.4, -0.2) is 46.1 Å². The van der Waals surface area contributed by atoms with Crippen LogP contribution >= 0.6 is 0 Å². The number of phenolic OH excluding ortho intramolecular Hbond substituents is 1. The number of rotatable bonds is 5. The van der Waals surface area contributed by atoms with Gasteiger partial charge in [0.05, 0.1) is 0 Å². The number of carboxylic acid groups (broad SMARTS) is 1. The number of carbonyl (C=O) groups excluding carboxylic acids is 1. The van der Waals surface area contributed by atoms with Crippen molar-refractivity contribution in [1.82, 2.24) is 5.06 Å². The van der Waals surface area contributed by atoms with E-state index in [0.717, 1.165) is 5.06 Å². The Balaban J connectivity index is 2.71. The number of benzene rings is 1. The first kappa shape index (κ1) is 17.8. The summed E-state index contributed by atoms with van der Waals surface area (Å²) in [6.07, 6.45) is -0.860. The number of carbonyl (C=O) groups is 2. The first-order valence-corrected chi connectivity index (χ1v) is 6.73. The van der Waals surface area contributed by atoms with Crippen LogP contribution in [0.1, 0.15) is 26.3 Å². The van der Waals surface area contributed by atoms with Crippen molar-refractivity contribution in [2.24, 2.45) is 0 Å². The number of aromatic hydroxyl groups is 1. The van der Waals surface area contributed by atoms with Gasteiger partial charge in [-0.15, -0.1) is 5.06 Å². The standard InChI is InChI=1S/C15H21NO6/c1-15(2,3)21-14(20)22-16(4)12(13(18)19)9-10-5-7-11(17)8-6-10/h5-8,12,17H,9H2,1-4H3,(H,18,19)/t12-/m0/s1. The molecule has 0 aliphatic rings. The van der Waals surface area contributed by atoms with Crippen LogP contribution < -0.4 is 0 Å². The third kappa shape index (κ3) is 6.01. The number of nitrogens with zero attached hydrogens (tertiary/aromatic N) is 1. The van der Waals surface area contributed by atoms with Crippen LogP contribution in [0.3, 0.4) is 0 Å². The van der Waals surface area contributed by atoms with Gasteiger partial charge < -0.3 is 19.8 Å². The van der Waals surface area contributed by atoms with Gasteiger partial charge in [0, 0.05) is 13.5 Å². The van der Waals surface area contributed by atoms with Gasteiger partial charge in [0.2, 0.25) is 0 Å². The van der Waals surface area contributed by atoms with Gasteiger partial charge in [0.15, 0.2) is 0 Å². The molecule has 0 saturated carbocycles. The van der Waals surface area contributed by atoms with Gasteiger partial charge in [0.1, 0.15) is 17.4 Å². The van der Waals surface area contributed by atoms with Crippen LogP contribution in [0.25, 0.3) is 0 Å². The maximum atomic E-state index is 11.6.